The van der Waals surface area contributed by atoms with Gasteiger partial charge in [-0.3, -0.25) is 0 Å². The molecule has 0 aliphatic heterocycles. The van der Waals surface area contributed by atoms with Gasteiger partial charge in [-0.25, -0.2) is 8.42 Å². The maximum atomic E-state index is 12.3. The second-order valence-corrected chi connectivity index (χ2v) is 6.63. The van der Waals surface area contributed by atoms with E-state index in [9.17, 15) is 8.42 Å². The van der Waals surface area contributed by atoms with Gasteiger partial charge >= 0.3 is 0 Å². The zero-order valence-electron chi connectivity index (χ0n) is 10.5. The molecule has 7 heteroatoms. The molecule has 0 radical (unpaired) electrons. The van der Waals surface area contributed by atoms with Crippen molar-refractivity contribution < 1.29 is 12.9 Å². The molecule has 0 spiro atoms. The molecule has 102 valence electrons. The van der Waals surface area contributed by atoms with Gasteiger partial charge in [0, 0.05) is 18.1 Å². The highest BCUT2D eigenvalue weighted by molar-refractivity contribution is 7.89. The first-order valence-corrected chi connectivity index (χ1v) is 7.35. The average Bonchev–Trinajstić information content (AvgIpc) is 2.74. The largest absolute Gasteiger partial charge is 0.361 e. The van der Waals surface area contributed by atoms with Gasteiger partial charge in [-0.1, -0.05) is 22.8 Å². The maximum Gasteiger partial charge on any atom is 0.243 e. The first-order valence-electron chi connectivity index (χ1n) is 5.54. The molecule has 0 saturated carbocycles. The molecular formula is C12H13ClN2O3S. The predicted molar refractivity (Wildman–Crippen MR) is 71.3 cm³/mol. The van der Waals surface area contributed by atoms with Gasteiger partial charge in [-0.05, 0) is 25.1 Å². The van der Waals surface area contributed by atoms with E-state index in [0.29, 0.717) is 16.5 Å². The van der Waals surface area contributed by atoms with Gasteiger partial charge in [-0.2, -0.15) is 4.31 Å². The Morgan fingerprint density at radius 2 is 2.11 bits per heavy atom. The standard InChI is InChI=1S/C12H13ClN2O3S/c1-9-6-11(14-18-9)8-15(2)19(16,17)12-5-3-4-10(13)7-12/h3-7H,8H2,1-2H3. The predicted octanol–water partition coefficient (Wildman–Crippen LogP) is 2.46. The van der Waals surface area contributed by atoms with Gasteiger partial charge in [0.1, 0.15) is 5.76 Å². The summed E-state index contributed by atoms with van der Waals surface area (Å²) in [5.74, 6) is 0.642. The second kappa shape index (κ2) is 5.32. The fraction of sp³-hybridized carbons (Fsp3) is 0.250. The smallest absolute Gasteiger partial charge is 0.243 e. The minimum atomic E-state index is -3.58. The van der Waals surface area contributed by atoms with Crippen LogP contribution in [0.15, 0.2) is 39.8 Å². The second-order valence-electron chi connectivity index (χ2n) is 4.15. The van der Waals surface area contributed by atoms with E-state index in [1.165, 1.54) is 23.5 Å². The van der Waals surface area contributed by atoms with Crippen molar-refractivity contribution in [2.24, 2.45) is 0 Å². The van der Waals surface area contributed by atoms with Crippen molar-refractivity contribution in [3.05, 3.63) is 46.8 Å². The summed E-state index contributed by atoms with van der Waals surface area (Å²) in [5, 5.41) is 4.15. The fourth-order valence-electron chi connectivity index (χ4n) is 1.61. The number of nitrogens with zero attached hydrogens (tertiary/aromatic N) is 2. The summed E-state index contributed by atoms with van der Waals surface area (Å²) in [6.45, 7) is 1.90. The SMILES string of the molecule is Cc1cc(CN(C)S(=O)(=O)c2cccc(Cl)c2)no1. The normalized spacial score (nSPS) is 12.0. The summed E-state index contributed by atoms with van der Waals surface area (Å²) in [4.78, 5) is 0.155. The van der Waals surface area contributed by atoms with Crippen molar-refractivity contribution in [3.63, 3.8) is 0 Å². The monoisotopic (exact) mass is 300 g/mol. The van der Waals surface area contributed by atoms with Crippen molar-refractivity contribution >= 4 is 21.6 Å². The van der Waals surface area contributed by atoms with Crippen molar-refractivity contribution in [3.8, 4) is 0 Å². The van der Waals surface area contributed by atoms with Crippen LogP contribution in [0.1, 0.15) is 11.5 Å². The van der Waals surface area contributed by atoms with Crippen LogP contribution >= 0.6 is 11.6 Å². The molecule has 5 nitrogen and oxygen atoms in total. The Hall–Kier alpha value is -1.37. The number of hydrogen-bond acceptors (Lipinski definition) is 4. The summed E-state index contributed by atoms with van der Waals surface area (Å²) >= 11 is 5.81. The quantitative estimate of drug-likeness (QED) is 0.870. The lowest BCUT2D eigenvalue weighted by Crippen LogP contribution is -2.26. The Labute approximate surface area is 116 Å². The first kappa shape index (κ1) is 14.0. The van der Waals surface area contributed by atoms with Crippen molar-refractivity contribution in [1.29, 1.82) is 0 Å². The molecule has 0 unspecified atom stereocenters. The highest BCUT2D eigenvalue weighted by Gasteiger charge is 2.22. The molecule has 0 bridgehead atoms. The Morgan fingerprint density at radius 1 is 1.37 bits per heavy atom. The molecular weight excluding hydrogens is 288 g/mol. The van der Waals surface area contributed by atoms with Crippen molar-refractivity contribution in [2.45, 2.75) is 18.4 Å². The van der Waals surface area contributed by atoms with Crippen LogP contribution in [0.2, 0.25) is 5.02 Å². The summed E-state index contributed by atoms with van der Waals surface area (Å²) in [6.07, 6.45) is 0. The number of benzene rings is 1. The maximum absolute atomic E-state index is 12.3. The molecule has 1 aromatic heterocycles. The Kier molecular flexibility index (Phi) is 3.93. The van der Waals surface area contributed by atoms with E-state index in [0.717, 1.165) is 0 Å². The van der Waals surface area contributed by atoms with Crippen LogP contribution in [-0.2, 0) is 16.6 Å². The number of aromatic nitrogens is 1. The lowest BCUT2D eigenvalue weighted by Gasteiger charge is -2.15. The molecule has 0 atom stereocenters. The molecule has 1 aromatic carbocycles. The number of hydrogen-bond donors (Lipinski definition) is 0. The Balaban J connectivity index is 2.24. The lowest BCUT2D eigenvalue weighted by atomic mass is 10.4. The van der Waals surface area contributed by atoms with Crippen LogP contribution in [0.4, 0.5) is 0 Å². The molecule has 1 heterocycles. The zero-order chi connectivity index (χ0) is 14.0. The lowest BCUT2D eigenvalue weighted by molar-refractivity contribution is 0.378. The molecule has 19 heavy (non-hydrogen) atoms. The third kappa shape index (κ3) is 3.15. The minimum absolute atomic E-state index is 0.145. The third-order valence-corrected chi connectivity index (χ3v) is 4.60. The molecule has 0 saturated heterocycles. The van der Waals surface area contributed by atoms with E-state index in [1.54, 1.807) is 25.1 Å². The Bertz CT molecular complexity index is 682. The number of halogens is 1. The summed E-state index contributed by atoms with van der Waals surface area (Å²) < 4.78 is 30.7. The highest BCUT2D eigenvalue weighted by atomic mass is 35.5. The van der Waals surface area contributed by atoms with Gasteiger partial charge in [0.2, 0.25) is 10.0 Å². The van der Waals surface area contributed by atoms with Crippen LogP contribution < -0.4 is 0 Å². The summed E-state index contributed by atoms with van der Waals surface area (Å²) in [5.41, 5.74) is 0.561. The third-order valence-electron chi connectivity index (χ3n) is 2.57. The molecule has 2 aromatic rings. The number of aryl methyl sites for hydroxylation is 1. The van der Waals surface area contributed by atoms with Crippen LogP contribution in [0.25, 0.3) is 0 Å². The molecule has 0 aliphatic rings. The van der Waals surface area contributed by atoms with Gasteiger partial charge in [0.05, 0.1) is 17.1 Å². The zero-order valence-corrected chi connectivity index (χ0v) is 12.1. The van der Waals surface area contributed by atoms with Crippen molar-refractivity contribution in [2.75, 3.05) is 7.05 Å². The molecule has 0 aliphatic carbocycles. The summed E-state index contributed by atoms with van der Waals surface area (Å²) in [6, 6.07) is 7.85. The molecule has 0 fully saturated rings. The van der Waals surface area contributed by atoms with E-state index >= 15 is 0 Å². The Morgan fingerprint density at radius 3 is 2.68 bits per heavy atom. The fourth-order valence-corrected chi connectivity index (χ4v) is 3.06. The highest BCUT2D eigenvalue weighted by Crippen LogP contribution is 2.20. The van der Waals surface area contributed by atoms with Gasteiger partial charge in [0.15, 0.2) is 0 Å². The van der Waals surface area contributed by atoms with Crippen LogP contribution in [0, 0.1) is 6.92 Å². The number of rotatable bonds is 4. The average molecular weight is 301 g/mol. The molecule has 0 amide bonds. The van der Waals surface area contributed by atoms with Gasteiger partial charge in [0.25, 0.3) is 0 Å². The van der Waals surface area contributed by atoms with Crippen LogP contribution in [-0.4, -0.2) is 24.9 Å². The summed E-state index contributed by atoms with van der Waals surface area (Å²) in [7, 11) is -2.10. The van der Waals surface area contributed by atoms with Crippen molar-refractivity contribution in [1.82, 2.24) is 9.46 Å². The van der Waals surface area contributed by atoms with E-state index in [1.807, 2.05) is 0 Å². The van der Waals surface area contributed by atoms with Crippen LogP contribution in [0.3, 0.4) is 0 Å². The van der Waals surface area contributed by atoms with Crippen LogP contribution in [0.5, 0.6) is 0 Å². The first-order chi connectivity index (χ1) is 8.89. The molecule has 0 N–H and O–H groups in total. The number of sulfonamides is 1. The van der Waals surface area contributed by atoms with E-state index in [-0.39, 0.29) is 11.4 Å². The van der Waals surface area contributed by atoms with E-state index in [4.69, 9.17) is 16.1 Å². The van der Waals surface area contributed by atoms with E-state index < -0.39 is 10.0 Å². The van der Waals surface area contributed by atoms with Gasteiger partial charge < -0.3 is 4.52 Å². The van der Waals surface area contributed by atoms with E-state index in [2.05, 4.69) is 5.16 Å². The minimum Gasteiger partial charge on any atom is -0.361 e. The topological polar surface area (TPSA) is 63.4 Å². The molecule has 2 rings (SSSR count). The van der Waals surface area contributed by atoms with Gasteiger partial charge in [-0.15, -0.1) is 0 Å².